The van der Waals surface area contributed by atoms with Gasteiger partial charge < -0.3 is 0 Å². The first kappa shape index (κ1) is 9.20. The van der Waals surface area contributed by atoms with E-state index in [-0.39, 0.29) is 0 Å². The first-order chi connectivity index (χ1) is 7.25. The molecule has 3 heteroatoms. The molecule has 0 aromatic heterocycles. The summed E-state index contributed by atoms with van der Waals surface area (Å²) in [6.07, 6.45) is 4.76. The topological polar surface area (TPSA) is 0 Å². The Labute approximate surface area is 106 Å². The third-order valence-electron chi connectivity index (χ3n) is 3.38. The van der Waals surface area contributed by atoms with Crippen molar-refractivity contribution in [2.45, 2.75) is 18.9 Å². The van der Waals surface area contributed by atoms with Crippen molar-refractivity contribution >= 4 is 39.5 Å². The van der Waals surface area contributed by atoms with Crippen LogP contribution in [0.1, 0.15) is 5.56 Å². The highest BCUT2D eigenvalue weighted by Gasteiger charge is 2.72. The fourth-order valence-electron chi connectivity index (χ4n) is 2.42. The molecule has 0 bridgehead atoms. The van der Waals surface area contributed by atoms with Crippen LogP contribution in [0.3, 0.4) is 0 Å². The third kappa shape index (κ3) is 1.12. The molecule has 0 N–H and O–H groups in total. The zero-order chi connectivity index (χ0) is 10.1. The molecule has 0 saturated carbocycles. The highest BCUT2D eigenvalue weighted by Crippen LogP contribution is 2.78. The van der Waals surface area contributed by atoms with Gasteiger partial charge in [0.15, 0.2) is 0 Å². The lowest BCUT2D eigenvalue weighted by Crippen LogP contribution is -2.21. The number of rotatable bonds is 1. The van der Waals surface area contributed by atoms with E-state index in [1.165, 1.54) is 5.56 Å². The SMILES string of the molecule is BrC12C=CC3(c4ccccc4)SC3C1S2. The van der Waals surface area contributed by atoms with Crippen molar-refractivity contribution in [3.05, 3.63) is 48.0 Å². The molecule has 1 aromatic carbocycles. The first-order valence-electron chi connectivity index (χ1n) is 5.05. The van der Waals surface area contributed by atoms with E-state index in [1.54, 1.807) is 0 Å². The zero-order valence-corrected chi connectivity index (χ0v) is 11.1. The van der Waals surface area contributed by atoms with E-state index in [1.807, 2.05) is 0 Å². The summed E-state index contributed by atoms with van der Waals surface area (Å²) in [4.78, 5) is 0. The molecule has 0 amide bonds. The number of hydrogen-bond acceptors (Lipinski definition) is 2. The summed E-state index contributed by atoms with van der Waals surface area (Å²) in [7, 11) is 0. The summed E-state index contributed by atoms with van der Waals surface area (Å²) in [6.45, 7) is 0. The van der Waals surface area contributed by atoms with Gasteiger partial charge in [-0.1, -0.05) is 58.4 Å². The zero-order valence-electron chi connectivity index (χ0n) is 7.89. The third-order valence-corrected chi connectivity index (χ3v) is 8.23. The summed E-state index contributed by atoms with van der Waals surface area (Å²) >= 11 is 7.96. The molecule has 76 valence electrons. The Kier molecular flexibility index (Phi) is 1.65. The van der Waals surface area contributed by atoms with E-state index >= 15 is 0 Å². The molecule has 4 unspecified atom stereocenters. The number of halogens is 1. The molecule has 0 spiro atoms. The van der Waals surface area contributed by atoms with E-state index in [4.69, 9.17) is 0 Å². The lowest BCUT2D eigenvalue weighted by Gasteiger charge is -2.15. The molecule has 4 rings (SSSR count). The molecule has 2 heterocycles. The normalized spacial score (nSPS) is 49.4. The maximum Gasteiger partial charge on any atom is 0.102 e. The van der Waals surface area contributed by atoms with Gasteiger partial charge in [-0.15, -0.1) is 23.5 Å². The molecule has 1 aromatic rings. The summed E-state index contributed by atoms with van der Waals surface area (Å²) < 4.78 is 0.603. The highest BCUT2D eigenvalue weighted by molar-refractivity contribution is 9.12. The quantitative estimate of drug-likeness (QED) is 0.439. The van der Waals surface area contributed by atoms with E-state index in [9.17, 15) is 0 Å². The molecule has 0 nitrogen and oxygen atoms in total. The average molecular weight is 297 g/mol. The maximum atomic E-state index is 3.79. The van der Waals surface area contributed by atoms with Gasteiger partial charge in [0.25, 0.3) is 0 Å². The van der Waals surface area contributed by atoms with Crippen LogP contribution in [0.4, 0.5) is 0 Å². The van der Waals surface area contributed by atoms with Crippen molar-refractivity contribution in [1.82, 2.24) is 0 Å². The summed E-state index contributed by atoms with van der Waals surface area (Å²) in [5, 5.41) is 1.57. The van der Waals surface area contributed by atoms with Crippen LogP contribution in [0.2, 0.25) is 0 Å². The van der Waals surface area contributed by atoms with Crippen LogP contribution < -0.4 is 0 Å². The second-order valence-electron chi connectivity index (χ2n) is 4.27. The summed E-state index contributed by atoms with van der Waals surface area (Å²) in [5.74, 6) is 0. The smallest absolute Gasteiger partial charge is 0.102 e. The Morgan fingerprint density at radius 3 is 2.60 bits per heavy atom. The molecule has 2 saturated heterocycles. The molecule has 1 aliphatic carbocycles. The van der Waals surface area contributed by atoms with E-state index in [0.29, 0.717) is 8.40 Å². The van der Waals surface area contributed by atoms with Crippen LogP contribution in [0.15, 0.2) is 42.5 Å². The molecule has 15 heavy (non-hydrogen) atoms. The minimum absolute atomic E-state index is 0.291. The number of hydrogen-bond donors (Lipinski definition) is 0. The van der Waals surface area contributed by atoms with Crippen molar-refractivity contribution in [2.24, 2.45) is 0 Å². The van der Waals surface area contributed by atoms with Gasteiger partial charge in [-0.3, -0.25) is 0 Å². The predicted octanol–water partition coefficient (Wildman–Crippen LogP) is 3.77. The summed E-state index contributed by atoms with van der Waals surface area (Å²) in [6, 6.07) is 10.9. The summed E-state index contributed by atoms with van der Waals surface area (Å²) in [5.41, 5.74) is 1.47. The van der Waals surface area contributed by atoms with Gasteiger partial charge in [0.05, 0.1) is 4.75 Å². The van der Waals surface area contributed by atoms with Crippen molar-refractivity contribution < 1.29 is 0 Å². The minimum atomic E-state index is 0.291. The second kappa shape index (κ2) is 2.69. The minimum Gasteiger partial charge on any atom is -0.138 e. The molecular weight excluding hydrogens is 288 g/mol. The number of alkyl halides is 1. The molecule has 2 fully saturated rings. The van der Waals surface area contributed by atoms with Crippen LogP contribution >= 0.6 is 39.5 Å². The Morgan fingerprint density at radius 1 is 1.00 bits per heavy atom. The second-order valence-corrected chi connectivity index (χ2v) is 8.94. The van der Waals surface area contributed by atoms with Gasteiger partial charge in [-0.2, -0.15) is 0 Å². The number of thioether (sulfide) groups is 2. The molecule has 2 aliphatic heterocycles. The molecule has 0 radical (unpaired) electrons. The lowest BCUT2D eigenvalue weighted by atomic mass is 9.89. The van der Waals surface area contributed by atoms with Crippen LogP contribution in [0, 0.1) is 0 Å². The first-order valence-corrected chi connectivity index (χ1v) is 7.60. The Balaban J connectivity index is 1.79. The van der Waals surface area contributed by atoms with Gasteiger partial charge in [-0.25, -0.2) is 0 Å². The number of fused-ring (bicyclic) bond motifs is 3. The number of benzene rings is 1. The monoisotopic (exact) mass is 296 g/mol. The van der Waals surface area contributed by atoms with Crippen LogP contribution in [0.5, 0.6) is 0 Å². The molecule has 3 aliphatic rings. The van der Waals surface area contributed by atoms with E-state index < -0.39 is 0 Å². The maximum absolute atomic E-state index is 3.79. The van der Waals surface area contributed by atoms with E-state index in [2.05, 4.69) is 81.9 Å². The van der Waals surface area contributed by atoms with Gasteiger partial charge in [0, 0.05) is 10.5 Å². The van der Waals surface area contributed by atoms with Gasteiger partial charge >= 0.3 is 0 Å². The van der Waals surface area contributed by atoms with Gasteiger partial charge in [-0.05, 0) is 5.56 Å². The van der Waals surface area contributed by atoms with Crippen molar-refractivity contribution in [3.63, 3.8) is 0 Å². The fraction of sp³-hybridized carbons (Fsp3) is 0.333. The molecule has 4 atom stereocenters. The Hall–Kier alpha value is 0.140. The van der Waals surface area contributed by atoms with Crippen LogP contribution in [-0.4, -0.2) is 14.2 Å². The van der Waals surface area contributed by atoms with Crippen LogP contribution in [-0.2, 0) is 4.75 Å². The Bertz CT molecular complexity index is 458. The van der Waals surface area contributed by atoms with Gasteiger partial charge in [0.1, 0.15) is 3.66 Å². The standard InChI is InChI=1S/C12H9BrS2/c13-12-7-6-11(8-4-2-1-3-5-8)9(14-11)10(12)15-12/h1-7,9-10H. The Morgan fingerprint density at radius 2 is 1.80 bits per heavy atom. The van der Waals surface area contributed by atoms with Crippen molar-refractivity contribution in [1.29, 1.82) is 0 Å². The molecular formula is C12H9BrS2. The van der Waals surface area contributed by atoms with Crippen molar-refractivity contribution in [2.75, 3.05) is 0 Å². The lowest BCUT2D eigenvalue weighted by molar-refractivity contribution is 0.767. The predicted molar refractivity (Wildman–Crippen MR) is 71.7 cm³/mol. The van der Waals surface area contributed by atoms with E-state index in [0.717, 1.165) is 10.5 Å². The van der Waals surface area contributed by atoms with Gasteiger partial charge in [0.2, 0.25) is 0 Å². The largest absolute Gasteiger partial charge is 0.138 e. The van der Waals surface area contributed by atoms with Crippen molar-refractivity contribution in [3.8, 4) is 0 Å². The fourth-order valence-corrected chi connectivity index (χ4v) is 6.59. The average Bonchev–Trinajstić information content (AvgIpc) is 3.11. The van der Waals surface area contributed by atoms with Crippen LogP contribution in [0.25, 0.3) is 0 Å². The highest BCUT2D eigenvalue weighted by atomic mass is 79.9.